The predicted molar refractivity (Wildman–Crippen MR) is 88.1 cm³/mol. The number of hydrogen-bond acceptors (Lipinski definition) is 4. The summed E-state index contributed by atoms with van der Waals surface area (Å²) in [5.74, 6) is 0.777. The van der Waals surface area contributed by atoms with Crippen LogP contribution >= 0.6 is 0 Å². The van der Waals surface area contributed by atoms with E-state index >= 15 is 0 Å². The summed E-state index contributed by atoms with van der Waals surface area (Å²) in [6.07, 6.45) is 3.15. The SMILES string of the molecule is CCCO[C@@](C)(CC(C)C)C(=O)Nc1ccc(OCC)nc1. The van der Waals surface area contributed by atoms with Gasteiger partial charge in [-0.05, 0) is 38.7 Å². The Morgan fingerprint density at radius 2 is 2.09 bits per heavy atom. The summed E-state index contributed by atoms with van der Waals surface area (Å²) in [4.78, 5) is 16.7. The Hall–Kier alpha value is -1.62. The Balaban J connectivity index is 2.76. The van der Waals surface area contributed by atoms with Crippen molar-refractivity contribution < 1.29 is 14.3 Å². The number of rotatable bonds is 9. The van der Waals surface area contributed by atoms with E-state index in [0.717, 1.165) is 6.42 Å². The molecule has 0 unspecified atom stereocenters. The van der Waals surface area contributed by atoms with Gasteiger partial charge in [-0.2, -0.15) is 0 Å². The molecule has 1 heterocycles. The molecule has 22 heavy (non-hydrogen) atoms. The molecule has 0 fully saturated rings. The maximum atomic E-state index is 12.6. The van der Waals surface area contributed by atoms with Crippen molar-refractivity contribution in [3.63, 3.8) is 0 Å². The molecule has 0 spiro atoms. The van der Waals surface area contributed by atoms with Gasteiger partial charge in [0.25, 0.3) is 5.91 Å². The van der Waals surface area contributed by atoms with Crippen LogP contribution in [0.5, 0.6) is 5.88 Å². The van der Waals surface area contributed by atoms with Gasteiger partial charge in [0.2, 0.25) is 5.88 Å². The molecule has 0 aromatic carbocycles. The van der Waals surface area contributed by atoms with Gasteiger partial charge in [-0.25, -0.2) is 4.98 Å². The first kappa shape index (κ1) is 18.4. The first-order valence-electron chi connectivity index (χ1n) is 7.95. The van der Waals surface area contributed by atoms with E-state index in [1.807, 2.05) is 20.8 Å². The van der Waals surface area contributed by atoms with Crippen LogP contribution in [0.15, 0.2) is 18.3 Å². The zero-order chi connectivity index (χ0) is 16.6. The van der Waals surface area contributed by atoms with Crippen LogP contribution in [0.1, 0.15) is 47.5 Å². The lowest BCUT2D eigenvalue weighted by molar-refractivity contribution is -0.141. The van der Waals surface area contributed by atoms with Gasteiger partial charge in [-0.15, -0.1) is 0 Å². The second-order valence-electron chi connectivity index (χ2n) is 5.95. The van der Waals surface area contributed by atoms with E-state index in [9.17, 15) is 4.79 Å². The summed E-state index contributed by atoms with van der Waals surface area (Å²) in [6.45, 7) is 11.1. The normalized spacial score (nSPS) is 13.7. The van der Waals surface area contributed by atoms with E-state index in [1.54, 1.807) is 18.3 Å². The number of amides is 1. The quantitative estimate of drug-likeness (QED) is 0.756. The van der Waals surface area contributed by atoms with E-state index < -0.39 is 5.60 Å². The summed E-state index contributed by atoms with van der Waals surface area (Å²) in [5.41, 5.74) is -0.188. The van der Waals surface area contributed by atoms with Crippen LogP contribution in [0.4, 0.5) is 5.69 Å². The average molecular weight is 308 g/mol. The number of aromatic nitrogens is 1. The van der Waals surface area contributed by atoms with Gasteiger partial charge < -0.3 is 14.8 Å². The minimum absolute atomic E-state index is 0.138. The molecule has 1 amide bonds. The van der Waals surface area contributed by atoms with Crippen LogP contribution < -0.4 is 10.1 Å². The summed E-state index contributed by atoms with van der Waals surface area (Å²) in [7, 11) is 0. The van der Waals surface area contributed by atoms with E-state index in [4.69, 9.17) is 9.47 Å². The van der Waals surface area contributed by atoms with Crippen molar-refractivity contribution in [3.8, 4) is 5.88 Å². The van der Waals surface area contributed by atoms with Crippen molar-refractivity contribution in [3.05, 3.63) is 18.3 Å². The molecule has 0 saturated heterocycles. The van der Waals surface area contributed by atoms with Gasteiger partial charge >= 0.3 is 0 Å². The van der Waals surface area contributed by atoms with Gasteiger partial charge in [0.05, 0.1) is 18.5 Å². The molecular formula is C17H28N2O3. The van der Waals surface area contributed by atoms with E-state index in [0.29, 0.717) is 37.1 Å². The molecule has 1 aromatic rings. The number of nitrogens with zero attached hydrogens (tertiary/aromatic N) is 1. The van der Waals surface area contributed by atoms with Crippen molar-refractivity contribution >= 4 is 11.6 Å². The second-order valence-corrected chi connectivity index (χ2v) is 5.95. The third kappa shape index (κ3) is 5.64. The zero-order valence-electron chi connectivity index (χ0n) is 14.3. The summed E-state index contributed by atoms with van der Waals surface area (Å²) in [5, 5.41) is 2.88. The molecule has 0 saturated carbocycles. The van der Waals surface area contributed by atoms with Gasteiger partial charge in [-0.3, -0.25) is 4.79 Å². The summed E-state index contributed by atoms with van der Waals surface area (Å²) in [6, 6.07) is 3.53. The Kier molecular flexibility index (Phi) is 7.32. The van der Waals surface area contributed by atoms with Crippen LogP contribution in [0, 0.1) is 5.92 Å². The van der Waals surface area contributed by atoms with Crippen LogP contribution in [0.25, 0.3) is 0 Å². The Morgan fingerprint density at radius 3 is 2.59 bits per heavy atom. The van der Waals surface area contributed by atoms with Crippen molar-refractivity contribution in [2.45, 2.75) is 53.1 Å². The Morgan fingerprint density at radius 1 is 1.36 bits per heavy atom. The van der Waals surface area contributed by atoms with E-state index in [2.05, 4.69) is 24.1 Å². The lowest BCUT2D eigenvalue weighted by Gasteiger charge is -2.30. The summed E-state index contributed by atoms with van der Waals surface area (Å²) < 4.78 is 11.1. The van der Waals surface area contributed by atoms with Crippen molar-refractivity contribution in [2.75, 3.05) is 18.5 Å². The highest BCUT2D eigenvalue weighted by Crippen LogP contribution is 2.24. The molecule has 5 heteroatoms. The first-order chi connectivity index (χ1) is 10.4. The molecule has 0 aliphatic rings. The molecule has 0 radical (unpaired) electrons. The molecule has 0 aliphatic carbocycles. The third-order valence-corrected chi connectivity index (χ3v) is 3.19. The van der Waals surface area contributed by atoms with E-state index in [-0.39, 0.29) is 5.91 Å². The molecule has 0 aliphatic heterocycles. The molecule has 124 valence electrons. The highest BCUT2D eigenvalue weighted by molar-refractivity contribution is 5.96. The van der Waals surface area contributed by atoms with E-state index in [1.165, 1.54) is 0 Å². The highest BCUT2D eigenvalue weighted by Gasteiger charge is 2.34. The minimum Gasteiger partial charge on any atom is -0.478 e. The molecule has 1 rings (SSSR count). The second kappa shape index (κ2) is 8.73. The first-order valence-corrected chi connectivity index (χ1v) is 7.95. The number of pyridine rings is 1. The third-order valence-electron chi connectivity index (χ3n) is 3.19. The van der Waals surface area contributed by atoms with Crippen LogP contribution in [-0.4, -0.2) is 29.7 Å². The number of hydrogen-bond donors (Lipinski definition) is 1. The number of anilines is 1. The van der Waals surface area contributed by atoms with Crippen molar-refractivity contribution in [1.82, 2.24) is 4.98 Å². The molecule has 5 nitrogen and oxygen atoms in total. The Labute approximate surface area is 133 Å². The Bertz CT molecular complexity index is 459. The molecular weight excluding hydrogens is 280 g/mol. The molecule has 1 aromatic heterocycles. The van der Waals surface area contributed by atoms with Gasteiger partial charge in [-0.1, -0.05) is 20.8 Å². The smallest absolute Gasteiger partial charge is 0.256 e. The fraction of sp³-hybridized carbons (Fsp3) is 0.647. The van der Waals surface area contributed by atoms with Gasteiger partial charge in [0.1, 0.15) is 5.60 Å². The van der Waals surface area contributed by atoms with Crippen molar-refractivity contribution in [1.29, 1.82) is 0 Å². The van der Waals surface area contributed by atoms with Crippen LogP contribution in [0.2, 0.25) is 0 Å². The van der Waals surface area contributed by atoms with Gasteiger partial charge in [0, 0.05) is 12.7 Å². The van der Waals surface area contributed by atoms with Gasteiger partial charge in [0.15, 0.2) is 0 Å². The van der Waals surface area contributed by atoms with Crippen molar-refractivity contribution in [2.24, 2.45) is 5.92 Å². The maximum absolute atomic E-state index is 12.6. The average Bonchev–Trinajstić information content (AvgIpc) is 2.46. The number of carbonyl (C=O) groups is 1. The topological polar surface area (TPSA) is 60.5 Å². The largest absolute Gasteiger partial charge is 0.478 e. The fourth-order valence-corrected chi connectivity index (χ4v) is 2.27. The monoisotopic (exact) mass is 308 g/mol. The number of nitrogens with one attached hydrogen (secondary N) is 1. The lowest BCUT2D eigenvalue weighted by atomic mass is 9.93. The fourth-order valence-electron chi connectivity index (χ4n) is 2.27. The minimum atomic E-state index is -0.831. The highest BCUT2D eigenvalue weighted by atomic mass is 16.5. The standard InChI is InChI=1S/C17H28N2O3/c1-6-10-22-17(5,11-13(3)4)16(20)19-14-8-9-15(18-12-14)21-7-2/h8-9,12-13H,6-7,10-11H2,1-5H3,(H,19,20)/t17-/m0/s1. The zero-order valence-corrected chi connectivity index (χ0v) is 14.3. The number of ether oxygens (including phenoxy) is 2. The number of carbonyl (C=O) groups excluding carboxylic acids is 1. The summed E-state index contributed by atoms with van der Waals surface area (Å²) >= 11 is 0. The molecule has 1 atom stereocenters. The predicted octanol–water partition coefficient (Wildman–Crippen LogP) is 3.65. The van der Waals surface area contributed by atoms with Crippen LogP contribution in [0.3, 0.4) is 0 Å². The molecule has 1 N–H and O–H groups in total. The lowest BCUT2D eigenvalue weighted by Crippen LogP contribution is -2.44. The maximum Gasteiger partial charge on any atom is 0.256 e. The van der Waals surface area contributed by atoms with Crippen LogP contribution in [-0.2, 0) is 9.53 Å². The molecule has 0 bridgehead atoms.